The summed E-state index contributed by atoms with van der Waals surface area (Å²) >= 11 is 3.36. The van der Waals surface area contributed by atoms with Crippen LogP contribution in [0.25, 0.3) is 0 Å². The fourth-order valence-corrected chi connectivity index (χ4v) is 1.86. The minimum atomic E-state index is -0.241. The van der Waals surface area contributed by atoms with Gasteiger partial charge in [-0.15, -0.1) is 0 Å². The summed E-state index contributed by atoms with van der Waals surface area (Å²) < 4.78 is 5.79. The van der Waals surface area contributed by atoms with Crippen molar-refractivity contribution in [2.45, 2.75) is 13.5 Å². The van der Waals surface area contributed by atoms with Gasteiger partial charge in [0.05, 0.1) is 13.1 Å². The minimum Gasteiger partial charge on any atom is -0.448 e. The summed E-state index contributed by atoms with van der Waals surface area (Å²) in [5, 5.41) is 0. The van der Waals surface area contributed by atoms with E-state index in [-0.39, 0.29) is 6.09 Å². The zero-order valence-electron chi connectivity index (χ0n) is 8.36. The van der Waals surface area contributed by atoms with Crippen molar-refractivity contribution in [2.24, 2.45) is 0 Å². The van der Waals surface area contributed by atoms with E-state index in [1.54, 1.807) is 11.1 Å². The third kappa shape index (κ3) is 2.28. The van der Waals surface area contributed by atoms with Crippen LogP contribution in [0.15, 0.2) is 16.7 Å². The third-order valence-corrected chi connectivity index (χ3v) is 2.80. The van der Waals surface area contributed by atoms with Crippen LogP contribution >= 0.6 is 15.9 Å². The lowest BCUT2D eigenvalue weighted by Crippen LogP contribution is -2.24. The fourth-order valence-electron chi connectivity index (χ4n) is 1.48. The molecule has 0 aromatic carbocycles. The summed E-state index contributed by atoms with van der Waals surface area (Å²) in [7, 11) is 0. The Morgan fingerprint density at radius 3 is 3.13 bits per heavy atom. The van der Waals surface area contributed by atoms with Gasteiger partial charge in [-0.2, -0.15) is 0 Å². The fraction of sp³-hybridized carbons (Fsp3) is 0.400. The van der Waals surface area contributed by atoms with Crippen LogP contribution in [0.1, 0.15) is 11.3 Å². The second kappa shape index (κ2) is 4.18. The maximum Gasteiger partial charge on any atom is 0.410 e. The normalized spacial score (nSPS) is 15.6. The van der Waals surface area contributed by atoms with E-state index in [1.807, 2.05) is 13.0 Å². The number of cyclic esters (lactones) is 1. The molecule has 4 nitrogen and oxygen atoms in total. The highest BCUT2D eigenvalue weighted by molar-refractivity contribution is 9.10. The average molecular weight is 271 g/mol. The molecule has 0 N–H and O–H groups in total. The predicted octanol–water partition coefficient (Wildman–Crippen LogP) is 2.10. The first kappa shape index (κ1) is 10.4. The van der Waals surface area contributed by atoms with Crippen LogP contribution in [0.3, 0.4) is 0 Å². The highest BCUT2D eigenvalue weighted by Gasteiger charge is 2.22. The molecule has 1 aliphatic heterocycles. The van der Waals surface area contributed by atoms with Gasteiger partial charge in [0.1, 0.15) is 6.61 Å². The maximum absolute atomic E-state index is 11.2. The summed E-state index contributed by atoms with van der Waals surface area (Å²) in [5.74, 6) is 0. The number of carbonyl (C=O) groups excluding carboxylic acids is 1. The van der Waals surface area contributed by atoms with E-state index in [9.17, 15) is 4.79 Å². The van der Waals surface area contributed by atoms with E-state index in [0.29, 0.717) is 19.7 Å². The molecule has 1 saturated heterocycles. The van der Waals surface area contributed by atoms with Gasteiger partial charge >= 0.3 is 6.09 Å². The Labute approximate surface area is 96.4 Å². The van der Waals surface area contributed by atoms with E-state index >= 15 is 0 Å². The Kier molecular flexibility index (Phi) is 2.90. The third-order valence-electron chi connectivity index (χ3n) is 2.36. The molecule has 0 atom stereocenters. The Morgan fingerprint density at radius 1 is 1.67 bits per heavy atom. The number of ether oxygens (including phenoxy) is 1. The van der Waals surface area contributed by atoms with Crippen molar-refractivity contribution in [3.8, 4) is 0 Å². The SMILES string of the molecule is Cc1ncc(Br)cc1CN1CCOC1=O. The molecule has 1 aromatic rings. The molecule has 1 amide bonds. The highest BCUT2D eigenvalue weighted by Crippen LogP contribution is 2.17. The summed E-state index contributed by atoms with van der Waals surface area (Å²) in [4.78, 5) is 17.1. The molecule has 0 bridgehead atoms. The number of nitrogens with zero attached hydrogens (tertiary/aromatic N) is 2. The molecule has 15 heavy (non-hydrogen) atoms. The van der Waals surface area contributed by atoms with Crippen LogP contribution in [-0.2, 0) is 11.3 Å². The number of hydrogen-bond acceptors (Lipinski definition) is 3. The van der Waals surface area contributed by atoms with Crippen molar-refractivity contribution in [1.29, 1.82) is 0 Å². The van der Waals surface area contributed by atoms with Gasteiger partial charge in [-0.05, 0) is 34.5 Å². The lowest BCUT2D eigenvalue weighted by atomic mass is 10.2. The molecular formula is C10H11BrN2O2. The van der Waals surface area contributed by atoms with Gasteiger partial charge in [0.2, 0.25) is 0 Å². The van der Waals surface area contributed by atoms with Crippen molar-refractivity contribution in [1.82, 2.24) is 9.88 Å². The first-order valence-corrected chi connectivity index (χ1v) is 5.49. The second-order valence-electron chi connectivity index (χ2n) is 3.43. The number of halogens is 1. The molecule has 1 aliphatic rings. The molecule has 1 fully saturated rings. The van der Waals surface area contributed by atoms with Crippen molar-refractivity contribution < 1.29 is 9.53 Å². The molecule has 5 heteroatoms. The second-order valence-corrected chi connectivity index (χ2v) is 4.35. The standard InChI is InChI=1S/C10H11BrN2O2/c1-7-8(4-9(11)5-12-7)6-13-2-3-15-10(13)14/h4-5H,2-3,6H2,1H3. The van der Waals surface area contributed by atoms with Crippen LogP contribution in [0.4, 0.5) is 4.79 Å². The number of amides is 1. The van der Waals surface area contributed by atoms with Crippen LogP contribution in [0, 0.1) is 6.92 Å². The van der Waals surface area contributed by atoms with Crippen molar-refractivity contribution in [2.75, 3.05) is 13.2 Å². The quantitative estimate of drug-likeness (QED) is 0.827. The summed E-state index contributed by atoms with van der Waals surface area (Å²) in [6, 6.07) is 1.98. The van der Waals surface area contributed by atoms with Crippen LogP contribution in [0.2, 0.25) is 0 Å². The van der Waals surface area contributed by atoms with E-state index in [2.05, 4.69) is 20.9 Å². The largest absolute Gasteiger partial charge is 0.448 e. The zero-order chi connectivity index (χ0) is 10.8. The Hall–Kier alpha value is -1.10. The molecule has 2 heterocycles. The molecule has 0 unspecified atom stereocenters. The molecule has 80 valence electrons. The number of carbonyl (C=O) groups is 1. The lowest BCUT2D eigenvalue weighted by molar-refractivity contribution is 0.157. The number of hydrogen-bond donors (Lipinski definition) is 0. The molecule has 0 radical (unpaired) electrons. The topological polar surface area (TPSA) is 42.4 Å². The van der Waals surface area contributed by atoms with E-state index in [0.717, 1.165) is 15.7 Å². The van der Waals surface area contributed by atoms with Gasteiger partial charge in [0.15, 0.2) is 0 Å². The number of aryl methyl sites for hydroxylation is 1. The van der Waals surface area contributed by atoms with Crippen LogP contribution in [0.5, 0.6) is 0 Å². The molecule has 0 aliphatic carbocycles. The summed E-state index contributed by atoms with van der Waals surface area (Å²) in [6.07, 6.45) is 1.51. The first-order chi connectivity index (χ1) is 7.16. The smallest absolute Gasteiger partial charge is 0.410 e. The minimum absolute atomic E-state index is 0.241. The molecule has 1 aromatic heterocycles. The van der Waals surface area contributed by atoms with Crippen LogP contribution < -0.4 is 0 Å². The molecule has 2 rings (SSSR count). The van der Waals surface area contributed by atoms with Gasteiger partial charge in [-0.1, -0.05) is 0 Å². The monoisotopic (exact) mass is 270 g/mol. The summed E-state index contributed by atoms with van der Waals surface area (Å²) in [5.41, 5.74) is 1.99. The Morgan fingerprint density at radius 2 is 2.47 bits per heavy atom. The van der Waals surface area contributed by atoms with Gasteiger partial charge in [0.25, 0.3) is 0 Å². The van der Waals surface area contributed by atoms with Gasteiger partial charge < -0.3 is 9.64 Å². The highest BCUT2D eigenvalue weighted by atomic mass is 79.9. The van der Waals surface area contributed by atoms with Crippen molar-refractivity contribution >= 4 is 22.0 Å². The van der Waals surface area contributed by atoms with E-state index < -0.39 is 0 Å². The number of pyridine rings is 1. The van der Waals surface area contributed by atoms with Gasteiger partial charge in [-0.25, -0.2) is 4.79 Å². The lowest BCUT2D eigenvalue weighted by Gasteiger charge is -2.13. The predicted molar refractivity (Wildman–Crippen MR) is 58.4 cm³/mol. The Balaban J connectivity index is 2.16. The van der Waals surface area contributed by atoms with Gasteiger partial charge in [0, 0.05) is 16.4 Å². The van der Waals surface area contributed by atoms with Gasteiger partial charge in [-0.3, -0.25) is 4.98 Å². The van der Waals surface area contributed by atoms with Crippen LogP contribution in [-0.4, -0.2) is 29.1 Å². The zero-order valence-corrected chi connectivity index (χ0v) is 9.95. The molecule has 0 saturated carbocycles. The molecular weight excluding hydrogens is 260 g/mol. The Bertz CT molecular complexity index is 395. The first-order valence-electron chi connectivity index (χ1n) is 4.69. The molecule has 0 spiro atoms. The average Bonchev–Trinajstić information content (AvgIpc) is 2.58. The number of aromatic nitrogens is 1. The van der Waals surface area contributed by atoms with E-state index in [1.165, 1.54) is 0 Å². The van der Waals surface area contributed by atoms with E-state index in [4.69, 9.17) is 4.74 Å². The van der Waals surface area contributed by atoms with Crippen molar-refractivity contribution in [3.63, 3.8) is 0 Å². The summed E-state index contributed by atoms with van der Waals surface area (Å²) in [6.45, 7) is 3.64. The van der Waals surface area contributed by atoms with Crippen molar-refractivity contribution in [3.05, 3.63) is 28.0 Å². The maximum atomic E-state index is 11.2. The number of rotatable bonds is 2.